The average Bonchev–Trinajstić information content (AvgIpc) is 1.87. The standard InChI is InChI=1S/C6H10O5.K/c1-3(7)6(10)11-4(2)5(8)9;/h3-4,7H,1-2H3,(H,8,9);/q;+1/p-1. The van der Waals surface area contributed by atoms with E-state index in [-0.39, 0.29) is 51.4 Å². The molecular formula is C6H9KO5. The number of esters is 1. The van der Waals surface area contributed by atoms with Crippen molar-refractivity contribution in [3.05, 3.63) is 0 Å². The van der Waals surface area contributed by atoms with Gasteiger partial charge in [-0.25, -0.2) is 4.79 Å². The molecule has 12 heavy (non-hydrogen) atoms. The van der Waals surface area contributed by atoms with E-state index in [1.165, 1.54) is 6.92 Å². The molecule has 0 aliphatic heterocycles. The largest absolute Gasteiger partial charge is 1.00 e. The number of hydrogen-bond acceptors (Lipinski definition) is 5. The molecule has 0 aromatic carbocycles. The van der Waals surface area contributed by atoms with Gasteiger partial charge in [-0.3, -0.25) is 0 Å². The van der Waals surface area contributed by atoms with Gasteiger partial charge in [-0.1, -0.05) is 0 Å². The van der Waals surface area contributed by atoms with Crippen LogP contribution in [0, 0.1) is 0 Å². The Hall–Kier alpha value is 0.536. The molecule has 0 heterocycles. The van der Waals surface area contributed by atoms with E-state index in [1.807, 2.05) is 0 Å². The number of aliphatic hydroxyl groups is 1. The van der Waals surface area contributed by atoms with E-state index in [0.29, 0.717) is 0 Å². The van der Waals surface area contributed by atoms with Crippen LogP contribution in [0.5, 0.6) is 0 Å². The zero-order chi connectivity index (χ0) is 9.02. The Balaban J connectivity index is 0. The number of ether oxygens (including phenoxy) is 1. The van der Waals surface area contributed by atoms with Crippen molar-refractivity contribution in [3.8, 4) is 0 Å². The van der Waals surface area contributed by atoms with Crippen molar-refractivity contribution < 1.29 is 75.9 Å². The van der Waals surface area contributed by atoms with Crippen LogP contribution < -0.4 is 56.5 Å². The molecular weight excluding hydrogens is 191 g/mol. The molecule has 0 aromatic rings. The van der Waals surface area contributed by atoms with Crippen molar-refractivity contribution in [1.82, 2.24) is 0 Å². The summed E-state index contributed by atoms with van der Waals surface area (Å²) < 4.78 is 4.22. The summed E-state index contributed by atoms with van der Waals surface area (Å²) >= 11 is 0. The van der Waals surface area contributed by atoms with Gasteiger partial charge in [0.05, 0.1) is 5.97 Å². The number of rotatable bonds is 3. The third-order valence-electron chi connectivity index (χ3n) is 0.966. The first-order valence-corrected chi connectivity index (χ1v) is 3.04. The Morgan fingerprint density at radius 1 is 1.42 bits per heavy atom. The van der Waals surface area contributed by atoms with Gasteiger partial charge in [0.15, 0.2) is 0 Å². The van der Waals surface area contributed by atoms with Crippen molar-refractivity contribution in [3.63, 3.8) is 0 Å². The minimum absolute atomic E-state index is 0. The molecule has 0 saturated heterocycles. The normalized spacial score (nSPS) is 13.9. The summed E-state index contributed by atoms with van der Waals surface area (Å²) in [5, 5.41) is 18.6. The predicted molar refractivity (Wildman–Crippen MR) is 32.2 cm³/mol. The fourth-order valence-corrected chi connectivity index (χ4v) is 0.321. The van der Waals surface area contributed by atoms with Gasteiger partial charge in [-0.15, -0.1) is 0 Å². The van der Waals surface area contributed by atoms with E-state index in [2.05, 4.69) is 4.74 Å². The number of carboxylic acids is 1. The molecule has 1 N–H and O–H groups in total. The van der Waals surface area contributed by atoms with Crippen LogP contribution in [-0.2, 0) is 14.3 Å². The number of carbonyl (C=O) groups excluding carboxylic acids is 2. The summed E-state index contributed by atoms with van der Waals surface area (Å²) in [6, 6.07) is 0. The van der Waals surface area contributed by atoms with E-state index < -0.39 is 24.1 Å². The van der Waals surface area contributed by atoms with E-state index in [4.69, 9.17) is 5.11 Å². The molecule has 5 nitrogen and oxygen atoms in total. The van der Waals surface area contributed by atoms with E-state index in [9.17, 15) is 14.7 Å². The molecule has 0 radical (unpaired) electrons. The molecule has 2 atom stereocenters. The van der Waals surface area contributed by atoms with Crippen molar-refractivity contribution >= 4 is 11.9 Å². The second-order valence-electron chi connectivity index (χ2n) is 2.07. The van der Waals surface area contributed by atoms with Gasteiger partial charge in [-0.2, -0.15) is 0 Å². The Bertz CT molecular complexity index is 167. The smallest absolute Gasteiger partial charge is 0.546 e. The maximum absolute atomic E-state index is 10.5. The first kappa shape index (κ1) is 15.0. The zero-order valence-corrected chi connectivity index (χ0v) is 10.4. The summed E-state index contributed by atoms with van der Waals surface area (Å²) in [7, 11) is 0. The number of carboxylic acid groups (broad SMARTS) is 1. The quantitative estimate of drug-likeness (QED) is 0.364. The van der Waals surface area contributed by atoms with Crippen LogP contribution in [0.25, 0.3) is 0 Å². The average molecular weight is 200 g/mol. The molecule has 0 rings (SSSR count). The molecule has 0 aliphatic carbocycles. The zero-order valence-electron chi connectivity index (χ0n) is 7.23. The summed E-state index contributed by atoms with van der Waals surface area (Å²) in [6.07, 6.45) is -2.63. The van der Waals surface area contributed by atoms with Gasteiger partial charge in [0.1, 0.15) is 12.2 Å². The topological polar surface area (TPSA) is 86.7 Å². The number of aliphatic hydroxyl groups excluding tert-OH is 1. The minimum Gasteiger partial charge on any atom is -0.546 e. The fourth-order valence-electron chi connectivity index (χ4n) is 0.321. The van der Waals surface area contributed by atoms with Crippen LogP contribution in [0.2, 0.25) is 0 Å². The molecule has 0 amide bonds. The second-order valence-corrected chi connectivity index (χ2v) is 2.07. The Morgan fingerprint density at radius 2 is 1.83 bits per heavy atom. The molecule has 0 bridgehead atoms. The van der Waals surface area contributed by atoms with Crippen LogP contribution in [0.15, 0.2) is 0 Å². The van der Waals surface area contributed by atoms with Gasteiger partial charge in [0.2, 0.25) is 0 Å². The van der Waals surface area contributed by atoms with Gasteiger partial charge in [0, 0.05) is 0 Å². The summed E-state index contributed by atoms with van der Waals surface area (Å²) in [5.74, 6) is -2.46. The Labute approximate surface area is 113 Å². The molecule has 64 valence electrons. The Kier molecular flexibility index (Phi) is 8.75. The van der Waals surface area contributed by atoms with Crippen LogP contribution in [0.4, 0.5) is 0 Å². The third kappa shape index (κ3) is 6.10. The van der Waals surface area contributed by atoms with Gasteiger partial charge >= 0.3 is 57.4 Å². The van der Waals surface area contributed by atoms with Crippen LogP contribution in [-0.4, -0.2) is 29.3 Å². The summed E-state index contributed by atoms with van der Waals surface area (Å²) in [6.45, 7) is 2.33. The van der Waals surface area contributed by atoms with Crippen LogP contribution >= 0.6 is 0 Å². The number of carbonyl (C=O) groups is 2. The third-order valence-corrected chi connectivity index (χ3v) is 0.966. The van der Waals surface area contributed by atoms with Gasteiger partial charge in [-0.05, 0) is 13.8 Å². The van der Waals surface area contributed by atoms with E-state index in [1.54, 1.807) is 0 Å². The van der Waals surface area contributed by atoms with Gasteiger partial charge in [0.25, 0.3) is 0 Å². The van der Waals surface area contributed by atoms with Gasteiger partial charge < -0.3 is 19.7 Å². The first-order valence-electron chi connectivity index (χ1n) is 3.04. The van der Waals surface area contributed by atoms with Crippen molar-refractivity contribution in [2.75, 3.05) is 0 Å². The molecule has 6 heteroatoms. The second kappa shape index (κ2) is 6.99. The van der Waals surface area contributed by atoms with E-state index >= 15 is 0 Å². The first-order chi connectivity index (χ1) is 4.95. The molecule has 0 aromatic heterocycles. The van der Waals surface area contributed by atoms with Crippen LogP contribution in [0.3, 0.4) is 0 Å². The summed E-state index contributed by atoms with van der Waals surface area (Å²) in [5.41, 5.74) is 0. The molecule has 0 spiro atoms. The maximum atomic E-state index is 10.5. The molecule has 0 saturated carbocycles. The minimum atomic E-state index is -1.49. The van der Waals surface area contributed by atoms with E-state index in [0.717, 1.165) is 6.92 Å². The summed E-state index contributed by atoms with van der Waals surface area (Å²) in [4.78, 5) is 20.5. The monoisotopic (exact) mass is 200 g/mol. The van der Waals surface area contributed by atoms with Crippen molar-refractivity contribution in [2.24, 2.45) is 0 Å². The maximum Gasteiger partial charge on any atom is 1.00 e. The molecule has 2 unspecified atom stereocenters. The number of aliphatic carboxylic acids is 1. The fraction of sp³-hybridized carbons (Fsp3) is 0.667. The number of hydrogen-bond donors (Lipinski definition) is 1. The molecule has 0 fully saturated rings. The SMILES string of the molecule is CC(O)C(=O)OC(C)C(=O)[O-].[K+]. The van der Waals surface area contributed by atoms with Crippen molar-refractivity contribution in [1.29, 1.82) is 0 Å². The van der Waals surface area contributed by atoms with Crippen LogP contribution in [0.1, 0.15) is 13.8 Å². The van der Waals surface area contributed by atoms with Crippen molar-refractivity contribution in [2.45, 2.75) is 26.1 Å². The molecule has 0 aliphatic rings. The Morgan fingerprint density at radius 3 is 2.08 bits per heavy atom. The predicted octanol–water partition coefficient (Wildman–Crippen LogP) is -4.95.